The summed E-state index contributed by atoms with van der Waals surface area (Å²) in [6.07, 6.45) is 6.00. The zero-order valence-corrected chi connectivity index (χ0v) is 25.6. The Hall–Kier alpha value is -4.84. The predicted octanol–water partition coefficient (Wildman–Crippen LogP) is 7.70. The van der Waals surface area contributed by atoms with Crippen LogP contribution in [-0.4, -0.2) is 25.5 Å². The summed E-state index contributed by atoms with van der Waals surface area (Å²) in [5.74, 6) is 0.931. The van der Waals surface area contributed by atoms with E-state index in [2.05, 4.69) is 117 Å². The lowest BCUT2D eigenvalue weighted by atomic mass is 9.84. The van der Waals surface area contributed by atoms with E-state index in [0.29, 0.717) is 0 Å². The van der Waals surface area contributed by atoms with Gasteiger partial charge in [0.1, 0.15) is 5.54 Å². The van der Waals surface area contributed by atoms with Gasteiger partial charge in [0.25, 0.3) is 0 Å². The topological polar surface area (TPSA) is 68.0 Å². The Kier molecular flexibility index (Phi) is 6.20. The number of nitrogens with one attached hydrogen (secondary N) is 1. The molecule has 1 aliphatic heterocycles. The Morgan fingerprint density at radius 2 is 1.63 bits per heavy atom. The van der Waals surface area contributed by atoms with Gasteiger partial charge in [-0.05, 0) is 62.1 Å². The minimum Gasteiger partial charge on any atom is -0.361 e. The molecule has 0 bridgehead atoms. The highest BCUT2D eigenvalue weighted by Crippen LogP contribution is 2.73. The zero-order valence-electron chi connectivity index (χ0n) is 25.6. The maximum atomic E-state index is 5.71. The van der Waals surface area contributed by atoms with Gasteiger partial charge in [-0.2, -0.15) is 5.10 Å². The van der Waals surface area contributed by atoms with Gasteiger partial charge >= 0.3 is 0 Å². The first-order valence-corrected chi connectivity index (χ1v) is 14.9. The zero-order chi connectivity index (χ0) is 29.9. The summed E-state index contributed by atoms with van der Waals surface area (Å²) >= 11 is 0. The highest BCUT2D eigenvalue weighted by Gasteiger charge is 2.74. The number of benzene rings is 3. The Balaban J connectivity index is 1.45. The van der Waals surface area contributed by atoms with Crippen molar-refractivity contribution < 1.29 is 0 Å². The second-order valence-electron chi connectivity index (χ2n) is 12.1. The van der Waals surface area contributed by atoms with Crippen LogP contribution in [0.5, 0.6) is 0 Å². The average Bonchev–Trinajstić information content (AvgIpc) is 3.26. The number of aliphatic imine (C=N–C) groups is 1. The molecule has 1 spiro atoms. The minimum absolute atomic E-state index is 0.207. The van der Waals surface area contributed by atoms with Gasteiger partial charge in [0.15, 0.2) is 5.82 Å². The summed E-state index contributed by atoms with van der Waals surface area (Å²) in [5.41, 5.74) is 10.9. The molecule has 6 heteroatoms. The number of fused-ring (bicyclic) bond motifs is 2. The molecular formula is C37H36N6. The van der Waals surface area contributed by atoms with Crippen LogP contribution in [0.3, 0.4) is 0 Å². The van der Waals surface area contributed by atoms with Crippen molar-refractivity contribution in [2.24, 2.45) is 18.0 Å². The molecule has 0 saturated heterocycles. The molecule has 3 atom stereocenters. The number of para-hydroxylation sites is 1. The molecule has 1 N–H and O–H groups in total. The fourth-order valence-corrected chi connectivity index (χ4v) is 7.24. The van der Waals surface area contributed by atoms with Crippen molar-refractivity contribution in [1.29, 1.82) is 0 Å². The maximum absolute atomic E-state index is 5.71. The van der Waals surface area contributed by atoms with Gasteiger partial charge in [-0.25, -0.2) is 9.97 Å². The lowest BCUT2D eigenvalue weighted by Crippen LogP contribution is -2.23. The van der Waals surface area contributed by atoms with Gasteiger partial charge in [-0.1, -0.05) is 80.1 Å². The number of allylic oxidation sites excluding steroid dienone is 1. The number of aromatic nitrogens is 4. The fraction of sp³-hybridized carbons (Fsp3) is 0.243. The fourth-order valence-electron chi connectivity index (χ4n) is 7.24. The summed E-state index contributed by atoms with van der Waals surface area (Å²) in [6, 6.07) is 27.8. The largest absolute Gasteiger partial charge is 0.361 e. The molecule has 5 aromatic rings. The third-order valence-electron chi connectivity index (χ3n) is 9.58. The monoisotopic (exact) mass is 564 g/mol. The number of hydrogen-bond donors (Lipinski definition) is 1. The van der Waals surface area contributed by atoms with E-state index in [1.807, 2.05) is 37.1 Å². The molecule has 1 fully saturated rings. The molecule has 1 aliphatic carbocycles. The normalized spacial score (nSPS) is 23.1. The Labute approximate surface area is 253 Å². The molecule has 1 saturated carbocycles. The molecule has 0 amide bonds. The molecule has 214 valence electrons. The van der Waals surface area contributed by atoms with Gasteiger partial charge in [-0.3, -0.25) is 9.67 Å². The van der Waals surface area contributed by atoms with Gasteiger partial charge in [0.05, 0.1) is 23.3 Å². The van der Waals surface area contributed by atoms with Crippen LogP contribution < -0.4 is 5.32 Å². The first kappa shape index (κ1) is 27.0. The van der Waals surface area contributed by atoms with E-state index in [4.69, 9.17) is 15.0 Å². The van der Waals surface area contributed by atoms with Gasteiger partial charge < -0.3 is 5.32 Å². The van der Waals surface area contributed by atoms with Gasteiger partial charge in [0.2, 0.25) is 0 Å². The molecular weight excluding hydrogens is 528 g/mol. The SMILES string of the molecule is Cc1cccc(C2=N[C@]3(c4ccccc4N/C=C\2)[C@H](C)C3(C)c2ccccc2-c2nc(C)cc(-c3c(C)cnn3C)n2)c1. The maximum Gasteiger partial charge on any atom is 0.160 e. The number of nitrogens with zero attached hydrogens (tertiary/aromatic N) is 5. The van der Waals surface area contributed by atoms with Gasteiger partial charge in [-0.15, -0.1) is 0 Å². The highest BCUT2D eigenvalue weighted by molar-refractivity contribution is 6.09. The molecule has 6 nitrogen and oxygen atoms in total. The minimum atomic E-state index is -0.498. The van der Waals surface area contributed by atoms with Crippen molar-refractivity contribution >= 4 is 11.4 Å². The quantitative estimate of drug-likeness (QED) is 0.243. The Morgan fingerprint density at radius 3 is 2.40 bits per heavy atom. The second-order valence-corrected chi connectivity index (χ2v) is 12.1. The van der Waals surface area contributed by atoms with Crippen LogP contribution in [-0.2, 0) is 18.0 Å². The Morgan fingerprint density at radius 1 is 0.860 bits per heavy atom. The van der Waals surface area contributed by atoms with Crippen molar-refractivity contribution in [2.75, 3.05) is 5.32 Å². The smallest absolute Gasteiger partial charge is 0.160 e. The van der Waals surface area contributed by atoms with Crippen LogP contribution in [0.25, 0.3) is 22.8 Å². The lowest BCUT2D eigenvalue weighted by Gasteiger charge is -2.26. The standard InChI is InChI=1S/C37H36N6/c1-23-12-11-13-27(20-23)31-18-19-38-32-17-10-9-16-30(32)37(42-31)26(4)36(37,5)29-15-8-7-14-28(29)35-40-25(3)21-33(41-35)34-24(2)22-39-43(34)6/h7-22,26,38H,1-6H3/b19-18-,42-31?/t26-,36?,37+/m1/s1. The Bertz CT molecular complexity index is 1930. The first-order chi connectivity index (χ1) is 20.7. The summed E-state index contributed by atoms with van der Waals surface area (Å²) in [5, 5.41) is 8.04. The van der Waals surface area contributed by atoms with Crippen LogP contribution in [0.4, 0.5) is 5.69 Å². The molecule has 0 radical (unpaired) electrons. The van der Waals surface area contributed by atoms with E-state index in [-0.39, 0.29) is 11.3 Å². The van der Waals surface area contributed by atoms with Crippen LogP contribution in [0.2, 0.25) is 0 Å². The molecule has 3 heterocycles. The molecule has 43 heavy (non-hydrogen) atoms. The van der Waals surface area contributed by atoms with Crippen LogP contribution >= 0.6 is 0 Å². The number of aryl methyl sites for hydroxylation is 4. The summed E-state index contributed by atoms with van der Waals surface area (Å²) in [6.45, 7) is 10.9. The third-order valence-corrected chi connectivity index (χ3v) is 9.58. The van der Waals surface area contributed by atoms with E-state index in [0.717, 1.165) is 51.0 Å². The van der Waals surface area contributed by atoms with E-state index >= 15 is 0 Å². The molecule has 1 unspecified atom stereocenters. The summed E-state index contributed by atoms with van der Waals surface area (Å²) in [4.78, 5) is 15.8. The van der Waals surface area contributed by atoms with Crippen molar-refractivity contribution in [2.45, 2.75) is 45.6 Å². The van der Waals surface area contributed by atoms with Crippen LogP contribution in [0, 0.1) is 26.7 Å². The molecule has 2 aromatic heterocycles. The van der Waals surface area contributed by atoms with Crippen molar-refractivity contribution in [3.8, 4) is 22.8 Å². The average molecular weight is 565 g/mol. The van der Waals surface area contributed by atoms with E-state index in [9.17, 15) is 0 Å². The third kappa shape index (κ3) is 4.08. The molecule has 3 aromatic carbocycles. The van der Waals surface area contributed by atoms with Crippen LogP contribution in [0.15, 0.2) is 102 Å². The second kappa shape index (κ2) is 9.87. The first-order valence-electron chi connectivity index (χ1n) is 14.9. The molecule has 2 aliphatic rings. The van der Waals surface area contributed by atoms with E-state index < -0.39 is 5.54 Å². The summed E-state index contributed by atoms with van der Waals surface area (Å²) in [7, 11) is 1.96. The number of anilines is 1. The van der Waals surface area contributed by atoms with Crippen LogP contribution in [0.1, 0.15) is 47.4 Å². The van der Waals surface area contributed by atoms with E-state index in [1.54, 1.807) is 0 Å². The molecule has 7 rings (SSSR count). The van der Waals surface area contributed by atoms with E-state index in [1.165, 1.54) is 16.7 Å². The lowest BCUT2D eigenvalue weighted by molar-refractivity contribution is 0.598. The predicted molar refractivity (Wildman–Crippen MR) is 174 cm³/mol. The number of hydrogen-bond acceptors (Lipinski definition) is 5. The van der Waals surface area contributed by atoms with Crippen molar-refractivity contribution in [3.05, 3.63) is 131 Å². The highest BCUT2D eigenvalue weighted by atomic mass is 15.3. The van der Waals surface area contributed by atoms with Crippen molar-refractivity contribution in [1.82, 2.24) is 19.7 Å². The van der Waals surface area contributed by atoms with Gasteiger partial charge in [0, 0.05) is 46.7 Å². The number of rotatable bonds is 4. The van der Waals surface area contributed by atoms with Crippen molar-refractivity contribution in [3.63, 3.8) is 0 Å². The summed E-state index contributed by atoms with van der Waals surface area (Å²) < 4.78 is 1.89.